The summed E-state index contributed by atoms with van der Waals surface area (Å²) in [6.45, 7) is 0. The van der Waals surface area contributed by atoms with Gasteiger partial charge in [-0.05, 0) is 11.5 Å². The molecule has 0 amide bonds. The second-order valence-electron chi connectivity index (χ2n) is 7.26. The van der Waals surface area contributed by atoms with Gasteiger partial charge in [0.2, 0.25) is 0 Å². The third-order valence-electron chi connectivity index (χ3n) is 5.57. The summed E-state index contributed by atoms with van der Waals surface area (Å²) in [5, 5.41) is 3.65. The normalized spacial score (nSPS) is 11.4. The summed E-state index contributed by atoms with van der Waals surface area (Å²) < 4.78 is 2.33. The Bertz CT molecular complexity index is 1480. The molecule has 6 aromatic rings. The van der Waals surface area contributed by atoms with Crippen LogP contribution in [0.15, 0.2) is 109 Å². The SMILES string of the molecule is c1ccc(-c2nc3c4ccccc4c4ccccc4n3c2-c2ccccc2)cc1. The van der Waals surface area contributed by atoms with Gasteiger partial charge in [0.05, 0.1) is 16.9 Å². The van der Waals surface area contributed by atoms with Gasteiger partial charge in [-0.15, -0.1) is 0 Å². The summed E-state index contributed by atoms with van der Waals surface area (Å²) in [7, 11) is 0. The van der Waals surface area contributed by atoms with Gasteiger partial charge in [0.15, 0.2) is 0 Å². The molecule has 0 unspecified atom stereocenters. The van der Waals surface area contributed by atoms with Crippen LogP contribution in [0.3, 0.4) is 0 Å². The Morgan fingerprint density at radius 3 is 1.76 bits per heavy atom. The van der Waals surface area contributed by atoms with Gasteiger partial charge in [-0.25, -0.2) is 4.98 Å². The molecule has 2 heterocycles. The molecular weight excluding hydrogens is 352 g/mol. The Morgan fingerprint density at radius 1 is 0.483 bits per heavy atom. The first-order chi connectivity index (χ1) is 14.4. The summed E-state index contributed by atoms with van der Waals surface area (Å²) >= 11 is 0. The van der Waals surface area contributed by atoms with Crippen LogP contribution in [0.4, 0.5) is 0 Å². The van der Waals surface area contributed by atoms with Crippen molar-refractivity contribution in [3.8, 4) is 22.5 Å². The van der Waals surface area contributed by atoms with Crippen LogP contribution in [0.5, 0.6) is 0 Å². The number of pyridine rings is 1. The Kier molecular flexibility index (Phi) is 3.50. The minimum absolute atomic E-state index is 0.997. The Balaban J connectivity index is 1.90. The minimum Gasteiger partial charge on any atom is -0.291 e. The number of hydrogen-bond acceptors (Lipinski definition) is 1. The molecule has 0 atom stereocenters. The molecule has 0 radical (unpaired) electrons. The maximum Gasteiger partial charge on any atom is 0.146 e. The van der Waals surface area contributed by atoms with Gasteiger partial charge in [-0.2, -0.15) is 0 Å². The van der Waals surface area contributed by atoms with Gasteiger partial charge >= 0.3 is 0 Å². The molecule has 0 N–H and O–H groups in total. The van der Waals surface area contributed by atoms with Gasteiger partial charge in [-0.1, -0.05) is 103 Å². The Hall–Kier alpha value is -3.91. The fourth-order valence-electron chi connectivity index (χ4n) is 4.30. The molecule has 0 saturated carbocycles. The van der Waals surface area contributed by atoms with E-state index in [9.17, 15) is 0 Å². The van der Waals surface area contributed by atoms with Gasteiger partial charge in [0, 0.05) is 21.9 Å². The molecule has 29 heavy (non-hydrogen) atoms. The van der Waals surface area contributed by atoms with Gasteiger partial charge in [-0.3, -0.25) is 4.40 Å². The van der Waals surface area contributed by atoms with Crippen molar-refractivity contribution in [3.05, 3.63) is 109 Å². The van der Waals surface area contributed by atoms with Crippen molar-refractivity contribution < 1.29 is 0 Å². The summed E-state index contributed by atoms with van der Waals surface area (Å²) in [6, 6.07) is 38.2. The molecule has 2 nitrogen and oxygen atoms in total. The number of hydrogen-bond donors (Lipinski definition) is 0. The number of rotatable bonds is 2. The molecule has 4 aromatic carbocycles. The number of aromatic nitrogens is 2. The first-order valence-corrected chi connectivity index (χ1v) is 9.84. The predicted molar refractivity (Wildman–Crippen MR) is 121 cm³/mol. The van der Waals surface area contributed by atoms with E-state index in [-0.39, 0.29) is 0 Å². The average Bonchev–Trinajstić information content (AvgIpc) is 3.22. The lowest BCUT2D eigenvalue weighted by Gasteiger charge is -2.11. The van der Waals surface area contributed by atoms with Crippen molar-refractivity contribution in [2.75, 3.05) is 0 Å². The smallest absolute Gasteiger partial charge is 0.146 e. The number of benzene rings is 4. The number of fused-ring (bicyclic) bond motifs is 6. The molecule has 136 valence electrons. The number of para-hydroxylation sites is 1. The predicted octanol–water partition coefficient (Wildman–Crippen LogP) is 6.97. The molecule has 0 saturated heterocycles. The van der Waals surface area contributed by atoms with Crippen molar-refractivity contribution in [1.82, 2.24) is 9.38 Å². The van der Waals surface area contributed by atoms with E-state index < -0.39 is 0 Å². The van der Waals surface area contributed by atoms with Crippen LogP contribution in [-0.2, 0) is 0 Å². The van der Waals surface area contributed by atoms with E-state index >= 15 is 0 Å². The van der Waals surface area contributed by atoms with Crippen molar-refractivity contribution in [1.29, 1.82) is 0 Å². The van der Waals surface area contributed by atoms with Crippen LogP contribution in [0, 0.1) is 0 Å². The van der Waals surface area contributed by atoms with E-state index in [1.54, 1.807) is 0 Å². The first-order valence-electron chi connectivity index (χ1n) is 9.84. The lowest BCUT2D eigenvalue weighted by Crippen LogP contribution is -1.94. The molecule has 6 rings (SSSR count). The first kappa shape index (κ1) is 16.1. The average molecular weight is 370 g/mol. The third-order valence-corrected chi connectivity index (χ3v) is 5.57. The zero-order valence-electron chi connectivity index (χ0n) is 15.8. The largest absolute Gasteiger partial charge is 0.291 e. The van der Waals surface area contributed by atoms with Gasteiger partial charge in [0.1, 0.15) is 5.65 Å². The molecule has 0 aliphatic carbocycles. The fourth-order valence-corrected chi connectivity index (χ4v) is 4.30. The highest BCUT2D eigenvalue weighted by Gasteiger charge is 2.19. The fraction of sp³-hybridized carbons (Fsp3) is 0. The van der Waals surface area contributed by atoms with E-state index in [0.717, 1.165) is 22.6 Å². The number of imidazole rings is 1. The summed E-state index contributed by atoms with van der Waals surface area (Å²) in [5.74, 6) is 0. The van der Waals surface area contributed by atoms with E-state index in [0.29, 0.717) is 0 Å². The monoisotopic (exact) mass is 370 g/mol. The standard InChI is InChI=1S/C27H18N2/c1-3-11-19(12-4-1)25-26(20-13-5-2-6-14-20)29-24-18-10-9-16-22(24)21-15-7-8-17-23(21)27(29)28-25/h1-18H. The van der Waals surface area contributed by atoms with E-state index in [2.05, 4.69) is 108 Å². The topological polar surface area (TPSA) is 17.3 Å². The van der Waals surface area contributed by atoms with Crippen LogP contribution in [0.1, 0.15) is 0 Å². The quantitative estimate of drug-likeness (QED) is 0.301. The summed E-state index contributed by atoms with van der Waals surface area (Å²) in [5.41, 5.74) is 6.61. The lowest BCUT2D eigenvalue weighted by molar-refractivity contribution is 1.27. The van der Waals surface area contributed by atoms with E-state index in [1.165, 1.54) is 27.2 Å². The molecule has 0 aliphatic heterocycles. The maximum atomic E-state index is 5.20. The maximum absolute atomic E-state index is 5.20. The molecule has 0 aliphatic rings. The van der Waals surface area contributed by atoms with Crippen LogP contribution < -0.4 is 0 Å². The van der Waals surface area contributed by atoms with Crippen LogP contribution in [0.2, 0.25) is 0 Å². The molecule has 0 spiro atoms. The van der Waals surface area contributed by atoms with Crippen LogP contribution >= 0.6 is 0 Å². The zero-order valence-corrected chi connectivity index (χ0v) is 15.8. The summed E-state index contributed by atoms with van der Waals surface area (Å²) in [6.07, 6.45) is 0. The van der Waals surface area contributed by atoms with E-state index in [1.807, 2.05) is 6.07 Å². The molecule has 2 aromatic heterocycles. The van der Waals surface area contributed by atoms with Crippen molar-refractivity contribution >= 4 is 27.3 Å². The summed E-state index contributed by atoms with van der Waals surface area (Å²) in [4.78, 5) is 5.20. The molecule has 2 heteroatoms. The van der Waals surface area contributed by atoms with Crippen molar-refractivity contribution in [2.24, 2.45) is 0 Å². The zero-order chi connectivity index (χ0) is 19.2. The molecule has 0 bridgehead atoms. The van der Waals surface area contributed by atoms with E-state index in [4.69, 9.17) is 4.98 Å². The minimum atomic E-state index is 0.997. The van der Waals surface area contributed by atoms with Gasteiger partial charge < -0.3 is 0 Å². The number of nitrogens with zero attached hydrogens (tertiary/aromatic N) is 2. The van der Waals surface area contributed by atoms with Crippen molar-refractivity contribution in [3.63, 3.8) is 0 Å². The Morgan fingerprint density at radius 2 is 1.03 bits per heavy atom. The second-order valence-corrected chi connectivity index (χ2v) is 7.26. The van der Waals surface area contributed by atoms with Crippen LogP contribution in [-0.4, -0.2) is 9.38 Å². The van der Waals surface area contributed by atoms with Gasteiger partial charge in [0.25, 0.3) is 0 Å². The highest BCUT2D eigenvalue weighted by molar-refractivity contribution is 6.13. The van der Waals surface area contributed by atoms with Crippen molar-refractivity contribution in [2.45, 2.75) is 0 Å². The third kappa shape index (κ3) is 2.39. The second kappa shape index (κ2) is 6.32. The van der Waals surface area contributed by atoms with Crippen LogP contribution in [0.25, 0.3) is 49.8 Å². The molecule has 0 fully saturated rings. The highest BCUT2D eigenvalue weighted by atomic mass is 15.0. The lowest BCUT2D eigenvalue weighted by atomic mass is 10.0. The molecular formula is C27H18N2. The highest BCUT2D eigenvalue weighted by Crippen LogP contribution is 2.38. The Labute approximate surface area is 168 Å².